The summed E-state index contributed by atoms with van der Waals surface area (Å²) in [5.74, 6) is 0.0604. The maximum absolute atomic E-state index is 12.2. The molecule has 3 nitrogen and oxygen atoms in total. The maximum atomic E-state index is 12.2. The number of carbonyl (C=O) groups is 1. The molecule has 102 valence electrons. The van der Waals surface area contributed by atoms with Crippen LogP contribution < -0.4 is 0 Å². The second-order valence-corrected chi connectivity index (χ2v) is 4.96. The van der Waals surface area contributed by atoms with Gasteiger partial charge in [-0.25, -0.2) is 0 Å². The van der Waals surface area contributed by atoms with Crippen molar-refractivity contribution < 1.29 is 9.53 Å². The summed E-state index contributed by atoms with van der Waals surface area (Å²) >= 11 is 0. The molecular formula is C17H17NO2. The zero-order valence-corrected chi connectivity index (χ0v) is 11.4. The molecule has 1 amide bonds. The van der Waals surface area contributed by atoms with Gasteiger partial charge in [-0.3, -0.25) is 4.79 Å². The second kappa shape index (κ2) is 5.47. The average Bonchev–Trinajstić information content (AvgIpc) is 2.51. The standard InChI is InChI=1S/C17H17NO2/c1-20-16-15(14-10-6-3-7-11-14)18(17(16)19)12-13-8-4-2-5-9-13/h2-11,15-16H,12H2,1H3. The minimum atomic E-state index is -0.360. The van der Waals surface area contributed by atoms with E-state index in [9.17, 15) is 4.79 Å². The topological polar surface area (TPSA) is 29.5 Å². The molecule has 3 rings (SSSR count). The van der Waals surface area contributed by atoms with Crippen molar-refractivity contribution in [3.05, 3.63) is 71.8 Å². The Balaban J connectivity index is 1.84. The van der Waals surface area contributed by atoms with Crippen molar-refractivity contribution in [1.29, 1.82) is 0 Å². The number of methoxy groups -OCH3 is 1. The number of benzene rings is 2. The van der Waals surface area contributed by atoms with E-state index in [1.54, 1.807) is 7.11 Å². The molecule has 0 N–H and O–H groups in total. The first-order chi connectivity index (χ1) is 9.81. The molecule has 1 saturated heterocycles. The van der Waals surface area contributed by atoms with E-state index in [4.69, 9.17) is 4.74 Å². The highest BCUT2D eigenvalue weighted by Gasteiger charge is 2.48. The first-order valence-corrected chi connectivity index (χ1v) is 6.73. The van der Waals surface area contributed by atoms with Gasteiger partial charge < -0.3 is 9.64 Å². The number of rotatable bonds is 4. The number of hydrogen-bond donors (Lipinski definition) is 0. The third-order valence-corrected chi connectivity index (χ3v) is 3.74. The van der Waals surface area contributed by atoms with Crippen molar-refractivity contribution in [1.82, 2.24) is 4.90 Å². The van der Waals surface area contributed by atoms with E-state index in [0.29, 0.717) is 6.54 Å². The lowest BCUT2D eigenvalue weighted by Gasteiger charge is -2.46. The molecule has 0 radical (unpaired) electrons. The van der Waals surface area contributed by atoms with E-state index < -0.39 is 0 Å². The lowest BCUT2D eigenvalue weighted by Crippen LogP contribution is -2.58. The zero-order chi connectivity index (χ0) is 13.9. The highest BCUT2D eigenvalue weighted by atomic mass is 16.5. The number of carbonyl (C=O) groups excluding carboxylic acids is 1. The molecule has 1 aliphatic rings. The van der Waals surface area contributed by atoms with Gasteiger partial charge in [0.05, 0.1) is 6.04 Å². The molecule has 0 saturated carbocycles. The molecule has 0 spiro atoms. The van der Waals surface area contributed by atoms with Gasteiger partial charge in [-0.2, -0.15) is 0 Å². The molecule has 0 aromatic heterocycles. The Bertz CT molecular complexity index is 582. The molecule has 1 fully saturated rings. The lowest BCUT2D eigenvalue weighted by molar-refractivity contribution is -0.172. The molecule has 2 aromatic rings. The summed E-state index contributed by atoms with van der Waals surface area (Å²) in [7, 11) is 1.60. The van der Waals surface area contributed by atoms with Crippen LogP contribution >= 0.6 is 0 Å². The third-order valence-electron chi connectivity index (χ3n) is 3.74. The molecule has 2 aromatic carbocycles. The van der Waals surface area contributed by atoms with Crippen molar-refractivity contribution in [3.8, 4) is 0 Å². The summed E-state index contributed by atoms with van der Waals surface area (Å²) in [5.41, 5.74) is 2.26. The number of amides is 1. The van der Waals surface area contributed by atoms with Crippen LogP contribution in [0, 0.1) is 0 Å². The summed E-state index contributed by atoms with van der Waals surface area (Å²) in [6.45, 7) is 0.624. The van der Waals surface area contributed by atoms with E-state index in [1.165, 1.54) is 0 Å². The minimum Gasteiger partial charge on any atom is -0.369 e. The molecule has 0 bridgehead atoms. The van der Waals surface area contributed by atoms with Crippen molar-refractivity contribution in [2.75, 3.05) is 7.11 Å². The fraction of sp³-hybridized carbons (Fsp3) is 0.235. The van der Waals surface area contributed by atoms with Gasteiger partial charge in [0.25, 0.3) is 5.91 Å². The summed E-state index contributed by atoms with van der Waals surface area (Å²) in [4.78, 5) is 14.1. The Labute approximate surface area is 118 Å². The summed E-state index contributed by atoms with van der Waals surface area (Å²) in [6.07, 6.45) is -0.360. The Kier molecular flexibility index (Phi) is 3.52. The monoisotopic (exact) mass is 267 g/mol. The van der Waals surface area contributed by atoms with Gasteiger partial charge in [0.1, 0.15) is 0 Å². The first-order valence-electron chi connectivity index (χ1n) is 6.73. The van der Waals surface area contributed by atoms with Gasteiger partial charge >= 0.3 is 0 Å². The summed E-state index contributed by atoms with van der Waals surface area (Å²) < 4.78 is 5.34. The van der Waals surface area contributed by atoms with Crippen LogP contribution in [0.1, 0.15) is 17.2 Å². The Morgan fingerprint density at radius 1 is 1.00 bits per heavy atom. The van der Waals surface area contributed by atoms with Gasteiger partial charge in [-0.05, 0) is 11.1 Å². The molecular weight excluding hydrogens is 250 g/mol. The molecule has 1 aliphatic heterocycles. The zero-order valence-electron chi connectivity index (χ0n) is 11.4. The summed E-state index contributed by atoms with van der Waals surface area (Å²) in [6, 6.07) is 20.1. The fourth-order valence-electron chi connectivity index (χ4n) is 2.71. The maximum Gasteiger partial charge on any atom is 0.255 e. The molecule has 20 heavy (non-hydrogen) atoms. The number of hydrogen-bond acceptors (Lipinski definition) is 2. The van der Waals surface area contributed by atoms with Crippen LogP contribution in [0.25, 0.3) is 0 Å². The van der Waals surface area contributed by atoms with E-state index in [1.807, 2.05) is 65.6 Å². The number of nitrogens with zero attached hydrogens (tertiary/aromatic N) is 1. The van der Waals surface area contributed by atoms with Gasteiger partial charge in [-0.15, -0.1) is 0 Å². The number of likely N-dealkylation sites (tertiary alicyclic amines) is 1. The van der Waals surface area contributed by atoms with Gasteiger partial charge in [0, 0.05) is 13.7 Å². The molecule has 2 unspecified atom stereocenters. The van der Waals surface area contributed by atoms with Crippen molar-refractivity contribution in [3.63, 3.8) is 0 Å². The van der Waals surface area contributed by atoms with Gasteiger partial charge in [0.2, 0.25) is 0 Å². The molecule has 2 atom stereocenters. The van der Waals surface area contributed by atoms with Crippen molar-refractivity contribution >= 4 is 5.91 Å². The Hall–Kier alpha value is -2.13. The van der Waals surface area contributed by atoms with Crippen molar-refractivity contribution in [2.24, 2.45) is 0 Å². The van der Waals surface area contributed by atoms with Crippen LogP contribution in [0.4, 0.5) is 0 Å². The predicted molar refractivity (Wildman–Crippen MR) is 77.0 cm³/mol. The number of ether oxygens (including phenoxy) is 1. The normalized spacial score (nSPS) is 21.6. The van der Waals surface area contributed by atoms with Crippen LogP contribution in [0.5, 0.6) is 0 Å². The van der Waals surface area contributed by atoms with E-state index in [0.717, 1.165) is 11.1 Å². The largest absolute Gasteiger partial charge is 0.369 e. The number of β-lactam (4-membered cyclic amide) rings is 1. The van der Waals surface area contributed by atoms with E-state index in [-0.39, 0.29) is 18.1 Å². The molecule has 3 heteroatoms. The van der Waals surface area contributed by atoms with Crippen molar-refractivity contribution in [2.45, 2.75) is 18.7 Å². The van der Waals surface area contributed by atoms with Crippen LogP contribution in [-0.2, 0) is 16.1 Å². The molecule has 0 aliphatic carbocycles. The smallest absolute Gasteiger partial charge is 0.255 e. The van der Waals surface area contributed by atoms with Crippen LogP contribution in [-0.4, -0.2) is 24.0 Å². The summed E-state index contributed by atoms with van der Waals surface area (Å²) in [5, 5.41) is 0. The highest BCUT2D eigenvalue weighted by Crippen LogP contribution is 2.37. The average molecular weight is 267 g/mol. The highest BCUT2D eigenvalue weighted by molar-refractivity contribution is 5.88. The van der Waals surface area contributed by atoms with Crippen LogP contribution in [0.15, 0.2) is 60.7 Å². The minimum absolute atomic E-state index is 0.00825. The third kappa shape index (κ3) is 2.21. The Morgan fingerprint density at radius 3 is 2.20 bits per heavy atom. The van der Waals surface area contributed by atoms with Crippen LogP contribution in [0.2, 0.25) is 0 Å². The lowest BCUT2D eigenvalue weighted by atomic mass is 9.90. The van der Waals surface area contributed by atoms with Gasteiger partial charge in [0.15, 0.2) is 6.10 Å². The van der Waals surface area contributed by atoms with E-state index in [2.05, 4.69) is 0 Å². The van der Waals surface area contributed by atoms with Gasteiger partial charge in [-0.1, -0.05) is 60.7 Å². The first kappa shape index (κ1) is 12.9. The molecule has 1 heterocycles. The quantitative estimate of drug-likeness (QED) is 0.797. The van der Waals surface area contributed by atoms with Crippen LogP contribution in [0.3, 0.4) is 0 Å². The predicted octanol–water partition coefficient (Wildman–Crippen LogP) is 2.79. The second-order valence-electron chi connectivity index (χ2n) is 4.96. The van der Waals surface area contributed by atoms with E-state index >= 15 is 0 Å². The fourth-order valence-corrected chi connectivity index (χ4v) is 2.71. The Morgan fingerprint density at radius 2 is 1.60 bits per heavy atom. The SMILES string of the molecule is COC1C(=O)N(Cc2ccccc2)C1c1ccccc1.